The Morgan fingerprint density at radius 3 is 2.84 bits per heavy atom. The van der Waals surface area contributed by atoms with Crippen molar-refractivity contribution in [3.8, 4) is 0 Å². The number of aromatic nitrogens is 5. The lowest BCUT2D eigenvalue weighted by Crippen LogP contribution is -2.29. The van der Waals surface area contributed by atoms with Gasteiger partial charge in [-0.2, -0.15) is 5.10 Å². The monoisotopic (exact) mass is 262 g/mol. The summed E-state index contributed by atoms with van der Waals surface area (Å²) in [7, 11) is 1.92. The highest BCUT2D eigenvalue weighted by molar-refractivity contribution is 4.88. The van der Waals surface area contributed by atoms with E-state index in [0.717, 1.165) is 37.6 Å². The van der Waals surface area contributed by atoms with E-state index in [2.05, 4.69) is 31.9 Å². The van der Waals surface area contributed by atoms with Crippen molar-refractivity contribution < 1.29 is 0 Å². The molecule has 6 nitrogen and oxygen atoms in total. The minimum Gasteiger partial charge on any atom is -0.335 e. The van der Waals surface area contributed by atoms with Crippen LogP contribution >= 0.6 is 0 Å². The Kier molecular flexibility index (Phi) is 4.68. The molecule has 0 amide bonds. The molecule has 0 saturated carbocycles. The Bertz CT molecular complexity index is 501. The number of nitrogens with one attached hydrogen (secondary N) is 1. The fourth-order valence-electron chi connectivity index (χ4n) is 2.05. The van der Waals surface area contributed by atoms with Gasteiger partial charge in [0, 0.05) is 45.0 Å². The first-order chi connectivity index (χ1) is 9.16. The highest BCUT2D eigenvalue weighted by Gasteiger charge is 2.05. The molecule has 0 saturated heterocycles. The first-order valence-electron chi connectivity index (χ1n) is 6.71. The predicted molar refractivity (Wildman–Crippen MR) is 73.8 cm³/mol. The van der Waals surface area contributed by atoms with E-state index < -0.39 is 0 Å². The van der Waals surface area contributed by atoms with Crippen molar-refractivity contribution in [1.29, 1.82) is 0 Å². The summed E-state index contributed by atoms with van der Waals surface area (Å²) in [4.78, 5) is 8.44. The van der Waals surface area contributed by atoms with Crippen LogP contribution < -0.4 is 5.32 Å². The third-order valence-electron chi connectivity index (χ3n) is 3.37. The molecule has 0 radical (unpaired) electrons. The number of hydrogen-bond donors (Lipinski definition) is 1. The minimum atomic E-state index is 0.482. The van der Waals surface area contributed by atoms with E-state index >= 15 is 0 Å². The Morgan fingerprint density at radius 1 is 1.37 bits per heavy atom. The molecule has 1 unspecified atom stereocenters. The lowest BCUT2D eigenvalue weighted by molar-refractivity contribution is 0.471. The summed E-state index contributed by atoms with van der Waals surface area (Å²) in [6.07, 6.45) is 7.48. The highest BCUT2D eigenvalue weighted by atomic mass is 15.3. The molecule has 0 aliphatic heterocycles. The van der Waals surface area contributed by atoms with E-state index in [1.54, 1.807) is 6.33 Å². The number of imidazole rings is 1. The molecule has 0 aliphatic rings. The third-order valence-corrected chi connectivity index (χ3v) is 3.37. The molecule has 0 fully saturated rings. The zero-order valence-corrected chi connectivity index (χ0v) is 11.9. The molecule has 2 heterocycles. The first kappa shape index (κ1) is 13.7. The molecule has 1 N–H and O–H groups in total. The van der Waals surface area contributed by atoms with Crippen LogP contribution in [0.15, 0.2) is 18.7 Å². The van der Waals surface area contributed by atoms with Crippen LogP contribution in [0.5, 0.6) is 0 Å². The fourth-order valence-corrected chi connectivity index (χ4v) is 2.05. The topological polar surface area (TPSA) is 60.6 Å². The predicted octanol–water partition coefficient (Wildman–Crippen LogP) is 0.931. The molecule has 2 aromatic heterocycles. The van der Waals surface area contributed by atoms with Gasteiger partial charge in [0.2, 0.25) is 0 Å². The maximum atomic E-state index is 4.22. The van der Waals surface area contributed by atoms with Gasteiger partial charge in [0.05, 0.1) is 0 Å². The van der Waals surface area contributed by atoms with Gasteiger partial charge in [-0.25, -0.2) is 9.97 Å². The van der Waals surface area contributed by atoms with Crippen LogP contribution in [0.3, 0.4) is 0 Å². The molecule has 0 aliphatic carbocycles. The summed E-state index contributed by atoms with van der Waals surface area (Å²) in [6.45, 7) is 6.18. The lowest BCUT2D eigenvalue weighted by atomic mass is 10.2. The van der Waals surface area contributed by atoms with E-state index in [9.17, 15) is 0 Å². The van der Waals surface area contributed by atoms with Crippen LogP contribution in [-0.2, 0) is 20.0 Å². The molecule has 2 aromatic rings. The molecular formula is C13H22N6. The van der Waals surface area contributed by atoms with Gasteiger partial charge in [-0.1, -0.05) is 0 Å². The van der Waals surface area contributed by atoms with Crippen molar-refractivity contribution in [3.63, 3.8) is 0 Å². The maximum Gasteiger partial charge on any atom is 0.138 e. The van der Waals surface area contributed by atoms with Gasteiger partial charge >= 0.3 is 0 Å². The van der Waals surface area contributed by atoms with Crippen molar-refractivity contribution in [3.05, 3.63) is 30.4 Å². The molecule has 1 atom stereocenters. The Labute approximate surface area is 113 Å². The molecular weight excluding hydrogens is 240 g/mol. The van der Waals surface area contributed by atoms with E-state index in [4.69, 9.17) is 0 Å². The second-order valence-corrected chi connectivity index (χ2v) is 4.86. The highest BCUT2D eigenvalue weighted by Crippen LogP contribution is 2.00. The van der Waals surface area contributed by atoms with E-state index in [1.165, 1.54) is 0 Å². The quantitative estimate of drug-likeness (QED) is 0.806. The Balaban J connectivity index is 1.66. The van der Waals surface area contributed by atoms with Crippen LogP contribution in [0.1, 0.15) is 25.0 Å². The molecule has 104 valence electrons. The van der Waals surface area contributed by atoms with Crippen molar-refractivity contribution in [2.75, 3.05) is 6.54 Å². The van der Waals surface area contributed by atoms with Gasteiger partial charge in [0.1, 0.15) is 18.0 Å². The summed E-state index contributed by atoms with van der Waals surface area (Å²) in [6, 6.07) is 0.482. The summed E-state index contributed by atoms with van der Waals surface area (Å²) in [5, 5.41) is 7.58. The Hall–Kier alpha value is -1.69. The fraction of sp³-hybridized carbons (Fsp3) is 0.615. The minimum absolute atomic E-state index is 0.482. The van der Waals surface area contributed by atoms with Crippen LogP contribution in [0.2, 0.25) is 0 Å². The van der Waals surface area contributed by atoms with Crippen molar-refractivity contribution in [1.82, 2.24) is 29.6 Å². The number of rotatable bonds is 7. The first-order valence-corrected chi connectivity index (χ1v) is 6.71. The van der Waals surface area contributed by atoms with Gasteiger partial charge in [0.15, 0.2) is 0 Å². The molecule has 0 bridgehead atoms. The zero-order valence-electron chi connectivity index (χ0n) is 11.9. The van der Waals surface area contributed by atoms with Crippen LogP contribution in [0.4, 0.5) is 0 Å². The van der Waals surface area contributed by atoms with Crippen molar-refractivity contribution in [2.24, 2.45) is 7.05 Å². The van der Waals surface area contributed by atoms with E-state index in [-0.39, 0.29) is 0 Å². The summed E-state index contributed by atoms with van der Waals surface area (Å²) < 4.78 is 4.00. The maximum absolute atomic E-state index is 4.22. The van der Waals surface area contributed by atoms with E-state index in [1.807, 2.05) is 31.0 Å². The normalized spacial score (nSPS) is 12.8. The second kappa shape index (κ2) is 6.47. The van der Waals surface area contributed by atoms with Gasteiger partial charge in [0.25, 0.3) is 0 Å². The molecule has 19 heavy (non-hydrogen) atoms. The lowest BCUT2D eigenvalue weighted by Gasteiger charge is -2.14. The summed E-state index contributed by atoms with van der Waals surface area (Å²) >= 11 is 0. The SMILES string of the molecule is Cc1nccn1CCC(C)NCCc1ncnn1C. The van der Waals surface area contributed by atoms with Gasteiger partial charge < -0.3 is 9.88 Å². The zero-order chi connectivity index (χ0) is 13.7. The summed E-state index contributed by atoms with van der Waals surface area (Å²) in [5.41, 5.74) is 0. The number of hydrogen-bond acceptors (Lipinski definition) is 4. The third kappa shape index (κ3) is 3.89. The average Bonchev–Trinajstić information content (AvgIpc) is 2.97. The van der Waals surface area contributed by atoms with Crippen molar-refractivity contribution in [2.45, 2.75) is 39.3 Å². The smallest absolute Gasteiger partial charge is 0.138 e. The average molecular weight is 262 g/mol. The largest absolute Gasteiger partial charge is 0.335 e. The van der Waals surface area contributed by atoms with Crippen LogP contribution in [0, 0.1) is 6.92 Å². The number of nitrogens with zero attached hydrogens (tertiary/aromatic N) is 5. The van der Waals surface area contributed by atoms with Gasteiger partial charge in [-0.05, 0) is 20.3 Å². The Morgan fingerprint density at radius 2 is 2.21 bits per heavy atom. The summed E-state index contributed by atoms with van der Waals surface area (Å²) in [5.74, 6) is 2.09. The van der Waals surface area contributed by atoms with Crippen LogP contribution in [-0.4, -0.2) is 36.9 Å². The van der Waals surface area contributed by atoms with Crippen molar-refractivity contribution >= 4 is 0 Å². The second-order valence-electron chi connectivity index (χ2n) is 4.86. The molecule has 6 heteroatoms. The van der Waals surface area contributed by atoms with Gasteiger partial charge in [-0.15, -0.1) is 0 Å². The van der Waals surface area contributed by atoms with Crippen LogP contribution in [0.25, 0.3) is 0 Å². The molecule has 2 rings (SSSR count). The number of aryl methyl sites for hydroxylation is 3. The van der Waals surface area contributed by atoms with E-state index in [0.29, 0.717) is 6.04 Å². The van der Waals surface area contributed by atoms with Gasteiger partial charge in [-0.3, -0.25) is 4.68 Å². The molecule has 0 aromatic carbocycles. The standard InChI is InChI=1S/C13H22N6/c1-11(5-8-19-9-7-15-12(19)2)14-6-4-13-16-10-17-18(13)3/h7,9-11,14H,4-6,8H2,1-3H3. The molecule has 0 spiro atoms.